The summed E-state index contributed by atoms with van der Waals surface area (Å²) < 4.78 is 1.58. The Balaban J connectivity index is 1.52. The zero-order valence-corrected chi connectivity index (χ0v) is 13.5. The highest BCUT2D eigenvalue weighted by Gasteiger charge is 2.39. The Labute approximate surface area is 144 Å². The van der Waals surface area contributed by atoms with Crippen LogP contribution in [0.2, 0.25) is 0 Å². The van der Waals surface area contributed by atoms with Gasteiger partial charge in [-0.2, -0.15) is 5.10 Å². The van der Waals surface area contributed by atoms with Gasteiger partial charge in [0.15, 0.2) is 0 Å². The predicted molar refractivity (Wildman–Crippen MR) is 89.5 cm³/mol. The summed E-state index contributed by atoms with van der Waals surface area (Å²) in [4.78, 5) is 14.6. The average molecular weight is 338 g/mol. The van der Waals surface area contributed by atoms with Crippen LogP contribution in [-0.4, -0.2) is 59.8 Å². The van der Waals surface area contributed by atoms with E-state index in [1.807, 2.05) is 30.3 Å². The van der Waals surface area contributed by atoms with E-state index in [4.69, 9.17) is 0 Å². The van der Waals surface area contributed by atoms with Crippen LogP contribution in [0.3, 0.4) is 0 Å². The minimum atomic E-state index is -1.000. The van der Waals surface area contributed by atoms with Gasteiger partial charge in [-0.1, -0.05) is 35.5 Å². The number of carbonyl (C=O) groups excluding carboxylic acids is 1. The summed E-state index contributed by atoms with van der Waals surface area (Å²) in [5.74, 6) is -0.137. The smallest absolute Gasteiger partial charge is 0.257 e. The second kappa shape index (κ2) is 6.14. The molecule has 1 fully saturated rings. The van der Waals surface area contributed by atoms with E-state index in [0.29, 0.717) is 30.8 Å². The first-order valence-corrected chi connectivity index (χ1v) is 8.09. The van der Waals surface area contributed by atoms with Gasteiger partial charge in [-0.3, -0.25) is 9.89 Å². The molecule has 2 N–H and O–H groups in total. The Morgan fingerprint density at radius 2 is 2.16 bits per heavy atom. The first-order valence-electron chi connectivity index (χ1n) is 8.09. The van der Waals surface area contributed by atoms with Crippen LogP contribution in [0.1, 0.15) is 16.8 Å². The van der Waals surface area contributed by atoms with Crippen molar-refractivity contribution in [2.24, 2.45) is 0 Å². The molecule has 4 rings (SSSR count). The van der Waals surface area contributed by atoms with Gasteiger partial charge >= 0.3 is 0 Å². The zero-order chi connectivity index (χ0) is 17.3. The van der Waals surface area contributed by atoms with Crippen molar-refractivity contribution in [1.29, 1.82) is 0 Å². The third-order valence-electron chi connectivity index (χ3n) is 4.48. The molecule has 3 heterocycles. The fraction of sp³-hybridized carbons (Fsp3) is 0.294. The van der Waals surface area contributed by atoms with Gasteiger partial charge in [0.2, 0.25) is 0 Å². The van der Waals surface area contributed by atoms with Crippen LogP contribution in [0.5, 0.6) is 0 Å². The number of nitrogens with one attached hydrogen (secondary N) is 1. The van der Waals surface area contributed by atoms with Gasteiger partial charge in [-0.15, -0.1) is 5.10 Å². The fourth-order valence-corrected chi connectivity index (χ4v) is 3.22. The lowest BCUT2D eigenvalue weighted by Crippen LogP contribution is -2.39. The molecule has 3 aromatic rings. The van der Waals surface area contributed by atoms with Crippen molar-refractivity contribution in [1.82, 2.24) is 30.1 Å². The molecule has 1 unspecified atom stereocenters. The van der Waals surface area contributed by atoms with Gasteiger partial charge in [-0.25, -0.2) is 4.68 Å². The van der Waals surface area contributed by atoms with Crippen molar-refractivity contribution in [2.75, 3.05) is 13.1 Å². The quantitative estimate of drug-likeness (QED) is 0.738. The fourth-order valence-electron chi connectivity index (χ4n) is 3.22. The molecule has 128 valence electrons. The zero-order valence-electron chi connectivity index (χ0n) is 13.5. The molecule has 25 heavy (non-hydrogen) atoms. The highest BCUT2D eigenvalue weighted by atomic mass is 16.3. The number of nitrogens with zero attached hydrogens (tertiary/aromatic N) is 5. The molecular formula is C17H18N6O2. The number of aliphatic hydroxyl groups is 1. The standard InChI is InChI=1S/C17H18N6O2/c24-16(14-10-19-20-15(14)13-4-2-1-3-5-13)22-8-6-17(25,11-22)12-23-9-7-18-21-23/h1-5,7,9-10,25H,6,8,11-12H2,(H,19,20). The minimum Gasteiger partial charge on any atom is -0.386 e. The van der Waals surface area contributed by atoms with E-state index < -0.39 is 5.60 Å². The molecule has 8 nitrogen and oxygen atoms in total. The first-order chi connectivity index (χ1) is 12.1. The number of carbonyl (C=O) groups is 1. The molecule has 1 aromatic carbocycles. The molecule has 0 saturated carbocycles. The molecule has 0 spiro atoms. The lowest BCUT2D eigenvalue weighted by atomic mass is 10.0. The minimum absolute atomic E-state index is 0.137. The lowest BCUT2D eigenvalue weighted by Gasteiger charge is -2.23. The summed E-state index contributed by atoms with van der Waals surface area (Å²) in [6, 6.07) is 9.60. The number of H-pyrrole nitrogens is 1. The topological polar surface area (TPSA) is 99.9 Å². The van der Waals surface area contributed by atoms with Crippen molar-refractivity contribution in [2.45, 2.75) is 18.6 Å². The first kappa shape index (κ1) is 15.5. The van der Waals surface area contributed by atoms with Crippen molar-refractivity contribution < 1.29 is 9.90 Å². The van der Waals surface area contributed by atoms with E-state index >= 15 is 0 Å². The summed E-state index contributed by atoms with van der Waals surface area (Å²) in [6.07, 6.45) is 5.31. The Morgan fingerprint density at radius 3 is 2.92 bits per heavy atom. The number of likely N-dealkylation sites (tertiary alicyclic amines) is 1. The number of amides is 1. The number of hydrogen-bond donors (Lipinski definition) is 2. The van der Waals surface area contributed by atoms with Gasteiger partial charge < -0.3 is 10.0 Å². The predicted octanol–water partition coefficient (Wildman–Crippen LogP) is 0.945. The molecule has 0 bridgehead atoms. The molecule has 1 amide bonds. The Kier molecular flexibility index (Phi) is 3.81. The van der Waals surface area contributed by atoms with E-state index in [2.05, 4.69) is 20.5 Å². The molecule has 0 aliphatic carbocycles. The molecule has 1 aliphatic rings. The molecule has 1 atom stereocenters. The second-order valence-corrected chi connectivity index (χ2v) is 6.33. The second-order valence-electron chi connectivity index (χ2n) is 6.33. The third-order valence-corrected chi connectivity index (χ3v) is 4.48. The number of rotatable bonds is 4. The Hall–Kier alpha value is -3.00. The summed E-state index contributed by atoms with van der Waals surface area (Å²) in [5.41, 5.74) is 1.11. The Bertz CT molecular complexity index is 860. The highest BCUT2D eigenvalue weighted by Crippen LogP contribution is 2.27. The lowest BCUT2D eigenvalue weighted by molar-refractivity contribution is 0.0267. The van der Waals surface area contributed by atoms with Crippen molar-refractivity contribution >= 4 is 5.91 Å². The SMILES string of the molecule is O=C(c1cn[nH]c1-c1ccccc1)N1CCC(O)(Cn2ccnn2)C1. The maximum absolute atomic E-state index is 12.9. The van der Waals surface area contributed by atoms with Crippen LogP contribution in [-0.2, 0) is 6.54 Å². The van der Waals surface area contributed by atoms with E-state index in [0.717, 1.165) is 5.56 Å². The molecule has 8 heteroatoms. The number of aromatic amines is 1. The van der Waals surface area contributed by atoms with Gasteiger partial charge in [0.1, 0.15) is 5.60 Å². The highest BCUT2D eigenvalue weighted by molar-refractivity contribution is 5.99. The maximum atomic E-state index is 12.9. The van der Waals surface area contributed by atoms with Gasteiger partial charge in [-0.05, 0) is 6.42 Å². The maximum Gasteiger partial charge on any atom is 0.257 e. The number of benzene rings is 1. The van der Waals surface area contributed by atoms with Gasteiger partial charge in [0.05, 0.1) is 36.7 Å². The number of aromatic nitrogens is 5. The molecule has 1 aliphatic heterocycles. The van der Waals surface area contributed by atoms with Crippen molar-refractivity contribution in [3.63, 3.8) is 0 Å². The molecule has 0 radical (unpaired) electrons. The van der Waals surface area contributed by atoms with Crippen LogP contribution < -0.4 is 0 Å². The molecule has 1 saturated heterocycles. The van der Waals surface area contributed by atoms with E-state index in [9.17, 15) is 9.90 Å². The summed E-state index contributed by atoms with van der Waals surface area (Å²) in [6.45, 7) is 1.06. The van der Waals surface area contributed by atoms with Crippen LogP contribution in [0.15, 0.2) is 48.9 Å². The average Bonchev–Trinajstić information content (AvgIpc) is 3.36. The van der Waals surface area contributed by atoms with E-state index in [-0.39, 0.29) is 12.5 Å². The molecular weight excluding hydrogens is 320 g/mol. The monoisotopic (exact) mass is 338 g/mol. The van der Waals surface area contributed by atoms with E-state index in [1.165, 1.54) is 0 Å². The molecule has 2 aromatic heterocycles. The van der Waals surface area contributed by atoms with Crippen LogP contribution in [0.4, 0.5) is 0 Å². The third kappa shape index (κ3) is 3.03. The summed E-state index contributed by atoms with van der Waals surface area (Å²) >= 11 is 0. The van der Waals surface area contributed by atoms with Crippen molar-refractivity contribution in [3.8, 4) is 11.3 Å². The van der Waals surface area contributed by atoms with Crippen LogP contribution in [0, 0.1) is 0 Å². The van der Waals surface area contributed by atoms with Gasteiger partial charge in [0.25, 0.3) is 5.91 Å². The van der Waals surface area contributed by atoms with E-state index in [1.54, 1.807) is 28.2 Å². The largest absolute Gasteiger partial charge is 0.386 e. The van der Waals surface area contributed by atoms with Crippen LogP contribution in [0.25, 0.3) is 11.3 Å². The number of hydrogen-bond acceptors (Lipinski definition) is 5. The number of β-amino-alcohol motifs (C(OH)–C–C–N with tert-alkyl or cyclic N) is 1. The summed E-state index contributed by atoms with van der Waals surface area (Å²) in [7, 11) is 0. The van der Waals surface area contributed by atoms with Gasteiger partial charge in [0, 0.05) is 18.3 Å². The van der Waals surface area contributed by atoms with Crippen LogP contribution >= 0.6 is 0 Å². The Morgan fingerprint density at radius 1 is 1.32 bits per heavy atom. The van der Waals surface area contributed by atoms with Crippen molar-refractivity contribution in [3.05, 3.63) is 54.5 Å². The normalized spacial score (nSPS) is 20.1. The summed E-state index contributed by atoms with van der Waals surface area (Å²) in [5, 5.41) is 25.3.